The summed E-state index contributed by atoms with van der Waals surface area (Å²) in [5.41, 5.74) is 0. The molecule has 1 N–H and O–H groups in total. The van der Waals surface area contributed by atoms with E-state index in [1.165, 1.54) is 6.33 Å². The third kappa shape index (κ3) is 7.62. The van der Waals surface area contributed by atoms with E-state index in [1.54, 1.807) is 0 Å². The molecular weight excluding hydrogens is 242 g/mol. The van der Waals surface area contributed by atoms with Crippen LogP contribution in [-0.2, 0) is 4.74 Å². The van der Waals surface area contributed by atoms with Gasteiger partial charge in [0.15, 0.2) is 0 Å². The van der Waals surface area contributed by atoms with Gasteiger partial charge in [-0.3, -0.25) is 0 Å². The molecule has 0 aliphatic carbocycles. The van der Waals surface area contributed by atoms with E-state index in [2.05, 4.69) is 36.1 Å². The average Bonchev–Trinajstić information content (AvgIpc) is 2.40. The van der Waals surface area contributed by atoms with Gasteiger partial charge in [0.2, 0.25) is 5.88 Å². The highest BCUT2D eigenvalue weighted by Crippen LogP contribution is 2.11. The van der Waals surface area contributed by atoms with Gasteiger partial charge in [-0.15, -0.1) is 0 Å². The van der Waals surface area contributed by atoms with Gasteiger partial charge in [0.05, 0.1) is 6.61 Å². The summed E-state index contributed by atoms with van der Waals surface area (Å²) in [4.78, 5) is 8.21. The lowest BCUT2D eigenvalue weighted by atomic mass is 10.2. The molecule has 0 saturated heterocycles. The number of hydrogen-bond donors (Lipinski definition) is 1. The fourth-order valence-electron chi connectivity index (χ4n) is 1.43. The zero-order valence-corrected chi connectivity index (χ0v) is 12.2. The Morgan fingerprint density at radius 2 is 2.11 bits per heavy atom. The topological polar surface area (TPSA) is 56.3 Å². The Bertz CT molecular complexity index is 345. The van der Waals surface area contributed by atoms with Gasteiger partial charge in [-0.1, -0.05) is 20.8 Å². The van der Waals surface area contributed by atoms with Crippen molar-refractivity contribution >= 4 is 5.82 Å². The number of anilines is 1. The van der Waals surface area contributed by atoms with Crippen molar-refractivity contribution in [1.29, 1.82) is 0 Å². The summed E-state index contributed by atoms with van der Waals surface area (Å²) < 4.78 is 11.0. The molecule has 0 aliphatic rings. The Labute approximate surface area is 115 Å². The summed E-state index contributed by atoms with van der Waals surface area (Å²) in [6.07, 6.45) is 3.45. The lowest BCUT2D eigenvalue weighted by molar-refractivity contribution is 0.110. The van der Waals surface area contributed by atoms with Gasteiger partial charge < -0.3 is 14.8 Å². The van der Waals surface area contributed by atoms with Gasteiger partial charge in [-0.05, 0) is 18.8 Å². The smallest absolute Gasteiger partial charge is 0.218 e. The third-order valence-electron chi connectivity index (χ3n) is 2.32. The van der Waals surface area contributed by atoms with Crippen molar-refractivity contribution in [2.24, 2.45) is 5.92 Å². The summed E-state index contributed by atoms with van der Waals surface area (Å²) in [5.74, 6) is 2.01. The van der Waals surface area contributed by atoms with E-state index in [4.69, 9.17) is 9.47 Å². The number of hydrogen-bond acceptors (Lipinski definition) is 5. The van der Waals surface area contributed by atoms with E-state index >= 15 is 0 Å². The van der Waals surface area contributed by atoms with Crippen LogP contribution in [0.2, 0.25) is 0 Å². The Kier molecular flexibility index (Phi) is 7.89. The third-order valence-corrected chi connectivity index (χ3v) is 2.32. The molecule has 0 aliphatic heterocycles. The van der Waals surface area contributed by atoms with Crippen molar-refractivity contribution in [1.82, 2.24) is 9.97 Å². The van der Waals surface area contributed by atoms with Crippen LogP contribution >= 0.6 is 0 Å². The monoisotopic (exact) mass is 267 g/mol. The maximum atomic E-state index is 5.51. The molecule has 5 heteroatoms. The maximum Gasteiger partial charge on any atom is 0.218 e. The van der Waals surface area contributed by atoms with Crippen molar-refractivity contribution in [3.05, 3.63) is 12.4 Å². The van der Waals surface area contributed by atoms with Crippen molar-refractivity contribution in [3.8, 4) is 5.88 Å². The maximum absolute atomic E-state index is 5.51. The van der Waals surface area contributed by atoms with Crippen LogP contribution in [0.5, 0.6) is 5.88 Å². The first kappa shape index (κ1) is 15.7. The minimum Gasteiger partial charge on any atom is -0.478 e. The Morgan fingerprint density at radius 3 is 2.84 bits per heavy atom. The molecule has 1 aromatic heterocycles. The van der Waals surface area contributed by atoms with Gasteiger partial charge in [0, 0.05) is 25.8 Å². The molecule has 0 spiro atoms. The van der Waals surface area contributed by atoms with Crippen molar-refractivity contribution in [2.75, 3.05) is 31.7 Å². The Hall–Kier alpha value is -1.36. The van der Waals surface area contributed by atoms with Crippen LogP contribution in [0.4, 0.5) is 5.82 Å². The molecule has 0 bridgehead atoms. The average molecular weight is 267 g/mol. The van der Waals surface area contributed by atoms with Crippen molar-refractivity contribution in [2.45, 2.75) is 33.6 Å². The molecule has 108 valence electrons. The highest BCUT2D eigenvalue weighted by Gasteiger charge is 1.99. The quantitative estimate of drug-likeness (QED) is 0.661. The Balaban J connectivity index is 2.18. The van der Waals surface area contributed by atoms with E-state index < -0.39 is 0 Å². The first-order valence-corrected chi connectivity index (χ1v) is 6.98. The lowest BCUT2D eigenvalue weighted by Crippen LogP contribution is -2.09. The highest BCUT2D eigenvalue weighted by atomic mass is 16.5. The van der Waals surface area contributed by atoms with Crippen molar-refractivity contribution in [3.63, 3.8) is 0 Å². The molecule has 1 rings (SSSR count). The molecule has 1 aromatic rings. The summed E-state index contributed by atoms with van der Waals surface area (Å²) in [6, 6.07) is 1.82. The minimum absolute atomic E-state index is 0.591. The van der Waals surface area contributed by atoms with Gasteiger partial charge in [-0.25, -0.2) is 9.97 Å². The highest BCUT2D eigenvalue weighted by molar-refractivity contribution is 5.36. The lowest BCUT2D eigenvalue weighted by Gasteiger charge is -2.09. The zero-order valence-electron chi connectivity index (χ0n) is 12.2. The summed E-state index contributed by atoms with van der Waals surface area (Å²) in [5, 5.41) is 3.24. The molecule has 0 saturated carbocycles. The molecule has 0 radical (unpaired) electrons. The standard InChI is InChI=1S/C14H25N3O2/c1-4-7-19-14-9-13(16-11-17-14)15-6-5-8-18-10-12(2)3/h9,11-12H,4-8,10H2,1-3H3,(H,15,16,17). The van der Waals surface area contributed by atoms with Gasteiger partial charge in [-0.2, -0.15) is 0 Å². The number of nitrogens with one attached hydrogen (secondary N) is 1. The van der Waals surface area contributed by atoms with E-state index in [9.17, 15) is 0 Å². The van der Waals surface area contributed by atoms with Crippen molar-refractivity contribution < 1.29 is 9.47 Å². The second-order valence-electron chi connectivity index (χ2n) is 4.84. The van der Waals surface area contributed by atoms with E-state index in [0.717, 1.165) is 38.4 Å². The second-order valence-corrected chi connectivity index (χ2v) is 4.84. The van der Waals surface area contributed by atoms with Gasteiger partial charge in [0.1, 0.15) is 12.1 Å². The fourth-order valence-corrected chi connectivity index (χ4v) is 1.43. The number of aromatic nitrogens is 2. The predicted molar refractivity (Wildman–Crippen MR) is 76.6 cm³/mol. The molecular formula is C14H25N3O2. The van der Waals surface area contributed by atoms with Crippen LogP contribution in [-0.4, -0.2) is 36.3 Å². The zero-order chi connectivity index (χ0) is 13.9. The molecule has 0 fully saturated rings. The van der Waals surface area contributed by atoms with Crippen LogP contribution < -0.4 is 10.1 Å². The molecule has 19 heavy (non-hydrogen) atoms. The van der Waals surface area contributed by atoms with E-state index in [0.29, 0.717) is 18.4 Å². The van der Waals surface area contributed by atoms with E-state index in [1.807, 2.05) is 6.07 Å². The molecule has 0 atom stereocenters. The van der Waals surface area contributed by atoms with Gasteiger partial charge >= 0.3 is 0 Å². The second kappa shape index (κ2) is 9.55. The number of ether oxygens (including phenoxy) is 2. The molecule has 0 amide bonds. The minimum atomic E-state index is 0.591. The molecule has 5 nitrogen and oxygen atoms in total. The fraction of sp³-hybridized carbons (Fsp3) is 0.714. The molecule has 0 aromatic carbocycles. The predicted octanol–water partition coefficient (Wildman–Crippen LogP) is 2.74. The summed E-state index contributed by atoms with van der Waals surface area (Å²) in [7, 11) is 0. The Morgan fingerprint density at radius 1 is 1.26 bits per heavy atom. The van der Waals surface area contributed by atoms with Gasteiger partial charge in [0.25, 0.3) is 0 Å². The number of rotatable bonds is 10. The van der Waals surface area contributed by atoms with Crippen LogP contribution in [0.25, 0.3) is 0 Å². The van der Waals surface area contributed by atoms with Crippen LogP contribution in [0.1, 0.15) is 33.6 Å². The largest absolute Gasteiger partial charge is 0.478 e. The summed E-state index contributed by atoms with van der Waals surface area (Å²) in [6.45, 7) is 9.48. The number of nitrogens with zero attached hydrogens (tertiary/aromatic N) is 2. The van der Waals surface area contributed by atoms with E-state index in [-0.39, 0.29) is 0 Å². The normalized spacial score (nSPS) is 10.7. The molecule has 1 heterocycles. The first-order valence-electron chi connectivity index (χ1n) is 6.98. The summed E-state index contributed by atoms with van der Waals surface area (Å²) >= 11 is 0. The van der Waals surface area contributed by atoms with Crippen LogP contribution in [0.15, 0.2) is 12.4 Å². The first-order chi connectivity index (χ1) is 9.22. The molecule has 0 unspecified atom stereocenters. The van der Waals surface area contributed by atoms with Crippen LogP contribution in [0, 0.1) is 5.92 Å². The van der Waals surface area contributed by atoms with Crippen LogP contribution in [0.3, 0.4) is 0 Å². The SMILES string of the molecule is CCCOc1cc(NCCCOCC(C)C)ncn1.